The van der Waals surface area contributed by atoms with Gasteiger partial charge in [-0.15, -0.1) is 0 Å². The van der Waals surface area contributed by atoms with Gasteiger partial charge in [-0.05, 0) is 35.9 Å². The molecule has 0 atom stereocenters. The third-order valence-corrected chi connectivity index (χ3v) is 6.23. The molecule has 2 aliphatic rings. The summed E-state index contributed by atoms with van der Waals surface area (Å²) in [5.41, 5.74) is 1.91. The van der Waals surface area contributed by atoms with Crippen LogP contribution in [0, 0.1) is 0 Å². The summed E-state index contributed by atoms with van der Waals surface area (Å²) in [5.74, 6) is -0.0241. The molecule has 0 saturated carbocycles. The van der Waals surface area contributed by atoms with E-state index in [1.807, 2.05) is 36.4 Å². The second-order valence-electron chi connectivity index (χ2n) is 8.06. The molecule has 166 valence electrons. The minimum absolute atomic E-state index is 0.150. The second kappa shape index (κ2) is 8.67. The maximum absolute atomic E-state index is 13.1. The molecule has 0 bridgehead atoms. The zero-order valence-electron chi connectivity index (χ0n) is 17.8. The fourth-order valence-electron chi connectivity index (χ4n) is 4.21. The van der Waals surface area contributed by atoms with E-state index in [4.69, 9.17) is 11.6 Å². The first-order valence-corrected chi connectivity index (χ1v) is 11.1. The standard InChI is InChI=1S/C25H21ClN4O3/c26-19-7-9-22(27-15-19)28-10-12-29(13-11-28)23(31)18-6-8-20-21(14-18)25(33)30(24(20)32)16-17-4-2-1-3-5-17/h1-9,14-15H,10-13,16H2. The molecule has 0 radical (unpaired) electrons. The highest BCUT2D eigenvalue weighted by Gasteiger charge is 2.36. The summed E-state index contributed by atoms with van der Waals surface area (Å²) in [5, 5.41) is 0.583. The number of benzene rings is 2. The van der Waals surface area contributed by atoms with Crippen LogP contribution in [-0.2, 0) is 6.54 Å². The fourth-order valence-corrected chi connectivity index (χ4v) is 4.32. The van der Waals surface area contributed by atoms with E-state index >= 15 is 0 Å². The van der Waals surface area contributed by atoms with Gasteiger partial charge in [0.25, 0.3) is 17.7 Å². The summed E-state index contributed by atoms with van der Waals surface area (Å²) in [6.45, 7) is 2.57. The van der Waals surface area contributed by atoms with Gasteiger partial charge in [0.05, 0.1) is 22.7 Å². The zero-order chi connectivity index (χ0) is 22.9. The Kier molecular flexibility index (Phi) is 5.56. The summed E-state index contributed by atoms with van der Waals surface area (Å²) >= 11 is 5.91. The highest BCUT2D eigenvalue weighted by molar-refractivity contribution is 6.30. The van der Waals surface area contributed by atoms with Crippen molar-refractivity contribution in [3.05, 3.63) is 94.1 Å². The average Bonchev–Trinajstić information content (AvgIpc) is 3.09. The summed E-state index contributed by atoms with van der Waals surface area (Å²) in [6, 6.07) is 17.8. The molecule has 1 aromatic heterocycles. The van der Waals surface area contributed by atoms with Crippen LogP contribution in [0.15, 0.2) is 66.9 Å². The summed E-state index contributed by atoms with van der Waals surface area (Å²) < 4.78 is 0. The van der Waals surface area contributed by atoms with Crippen molar-refractivity contribution in [2.45, 2.75) is 6.54 Å². The zero-order valence-corrected chi connectivity index (χ0v) is 18.5. The number of anilines is 1. The number of carbonyl (C=O) groups excluding carboxylic acids is 3. The Labute approximate surface area is 196 Å². The maximum Gasteiger partial charge on any atom is 0.261 e. The largest absolute Gasteiger partial charge is 0.353 e. The van der Waals surface area contributed by atoms with Crippen LogP contribution in [0.4, 0.5) is 5.82 Å². The molecule has 33 heavy (non-hydrogen) atoms. The SMILES string of the molecule is O=C(c1ccc2c(c1)C(=O)N(Cc1ccccc1)C2=O)N1CCN(c2ccc(Cl)cn2)CC1. The molecule has 0 spiro atoms. The van der Waals surface area contributed by atoms with Crippen LogP contribution in [0.3, 0.4) is 0 Å². The lowest BCUT2D eigenvalue weighted by atomic mass is 10.0. The lowest BCUT2D eigenvalue weighted by molar-refractivity contribution is 0.0642. The molecule has 0 N–H and O–H groups in total. The highest BCUT2D eigenvalue weighted by atomic mass is 35.5. The number of piperazine rings is 1. The Balaban J connectivity index is 1.28. The quantitative estimate of drug-likeness (QED) is 0.557. The van der Waals surface area contributed by atoms with E-state index in [1.165, 1.54) is 4.90 Å². The van der Waals surface area contributed by atoms with Crippen LogP contribution in [0.5, 0.6) is 0 Å². The van der Waals surface area contributed by atoms with E-state index in [-0.39, 0.29) is 29.8 Å². The molecule has 3 aromatic rings. The van der Waals surface area contributed by atoms with Crippen molar-refractivity contribution in [3.8, 4) is 0 Å². The number of pyridine rings is 1. The van der Waals surface area contributed by atoms with Crippen LogP contribution < -0.4 is 4.90 Å². The molecule has 2 aromatic carbocycles. The van der Waals surface area contributed by atoms with Crippen LogP contribution in [-0.4, -0.2) is 58.7 Å². The Morgan fingerprint density at radius 1 is 0.879 bits per heavy atom. The molecule has 3 heterocycles. The van der Waals surface area contributed by atoms with Gasteiger partial charge < -0.3 is 9.80 Å². The first kappa shape index (κ1) is 21.2. The number of halogens is 1. The minimum Gasteiger partial charge on any atom is -0.353 e. The Bertz CT molecular complexity index is 1220. The molecular formula is C25H21ClN4O3. The van der Waals surface area contributed by atoms with E-state index in [0.29, 0.717) is 42.3 Å². The summed E-state index contributed by atoms with van der Waals surface area (Å²) in [4.78, 5) is 48.3. The number of hydrogen-bond acceptors (Lipinski definition) is 5. The molecule has 2 aliphatic heterocycles. The molecule has 3 amide bonds. The predicted molar refractivity (Wildman–Crippen MR) is 124 cm³/mol. The van der Waals surface area contributed by atoms with Crippen molar-refractivity contribution in [3.63, 3.8) is 0 Å². The van der Waals surface area contributed by atoms with E-state index in [1.54, 1.807) is 35.4 Å². The molecule has 1 saturated heterocycles. The molecule has 1 fully saturated rings. The monoisotopic (exact) mass is 460 g/mol. The van der Waals surface area contributed by atoms with E-state index < -0.39 is 0 Å². The Hall–Kier alpha value is -3.71. The molecule has 0 aliphatic carbocycles. The van der Waals surface area contributed by atoms with Crippen molar-refractivity contribution in [1.29, 1.82) is 0 Å². The molecule has 0 unspecified atom stereocenters. The fraction of sp³-hybridized carbons (Fsp3) is 0.200. The minimum atomic E-state index is -0.368. The number of fused-ring (bicyclic) bond motifs is 1. The van der Waals surface area contributed by atoms with Gasteiger partial charge in [0.15, 0.2) is 0 Å². The van der Waals surface area contributed by atoms with Crippen molar-refractivity contribution in [2.75, 3.05) is 31.1 Å². The van der Waals surface area contributed by atoms with Gasteiger partial charge in [-0.25, -0.2) is 4.98 Å². The number of nitrogens with zero attached hydrogens (tertiary/aromatic N) is 4. The van der Waals surface area contributed by atoms with Gasteiger partial charge in [0, 0.05) is 37.9 Å². The van der Waals surface area contributed by atoms with E-state index in [9.17, 15) is 14.4 Å². The topological polar surface area (TPSA) is 73.8 Å². The van der Waals surface area contributed by atoms with Crippen LogP contribution >= 0.6 is 11.6 Å². The normalized spacial score (nSPS) is 15.7. The Morgan fingerprint density at radius 3 is 2.30 bits per heavy atom. The Morgan fingerprint density at radius 2 is 1.61 bits per heavy atom. The number of hydrogen-bond donors (Lipinski definition) is 0. The van der Waals surface area contributed by atoms with Gasteiger partial charge in [-0.1, -0.05) is 41.9 Å². The molecule has 8 heteroatoms. The third-order valence-electron chi connectivity index (χ3n) is 6.00. The van der Waals surface area contributed by atoms with Gasteiger partial charge in [-0.2, -0.15) is 0 Å². The highest BCUT2D eigenvalue weighted by Crippen LogP contribution is 2.26. The number of carbonyl (C=O) groups is 3. The third kappa shape index (κ3) is 4.07. The number of aromatic nitrogens is 1. The maximum atomic E-state index is 13.1. The predicted octanol–water partition coefficient (Wildman–Crippen LogP) is 3.49. The van der Waals surface area contributed by atoms with Crippen LogP contribution in [0.2, 0.25) is 5.02 Å². The summed E-state index contributed by atoms with van der Waals surface area (Å²) in [7, 11) is 0. The number of rotatable bonds is 4. The van der Waals surface area contributed by atoms with Crippen molar-refractivity contribution >= 4 is 35.1 Å². The lowest BCUT2D eigenvalue weighted by Crippen LogP contribution is -2.49. The van der Waals surface area contributed by atoms with Crippen LogP contribution in [0.25, 0.3) is 0 Å². The van der Waals surface area contributed by atoms with Gasteiger partial charge in [0.2, 0.25) is 0 Å². The summed E-state index contributed by atoms with van der Waals surface area (Å²) in [6.07, 6.45) is 1.61. The van der Waals surface area contributed by atoms with E-state index in [0.717, 1.165) is 11.4 Å². The number of amides is 3. The second-order valence-corrected chi connectivity index (χ2v) is 8.49. The average molecular weight is 461 g/mol. The molecular weight excluding hydrogens is 440 g/mol. The van der Waals surface area contributed by atoms with Gasteiger partial charge in [-0.3, -0.25) is 19.3 Å². The van der Waals surface area contributed by atoms with Crippen LogP contribution in [0.1, 0.15) is 36.6 Å². The van der Waals surface area contributed by atoms with Crippen molar-refractivity contribution in [2.24, 2.45) is 0 Å². The smallest absolute Gasteiger partial charge is 0.261 e. The van der Waals surface area contributed by atoms with Gasteiger partial charge >= 0.3 is 0 Å². The van der Waals surface area contributed by atoms with Gasteiger partial charge in [0.1, 0.15) is 5.82 Å². The van der Waals surface area contributed by atoms with Crippen molar-refractivity contribution < 1.29 is 14.4 Å². The lowest BCUT2D eigenvalue weighted by Gasteiger charge is -2.35. The molecule has 5 rings (SSSR count). The van der Waals surface area contributed by atoms with Crippen molar-refractivity contribution in [1.82, 2.24) is 14.8 Å². The first-order valence-electron chi connectivity index (χ1n) is 10.7. The van der Waals surface area contributed by atoms with E-state index in [2.05, 4.69) is 9.88 Å². The number of imide groups is 1. The first-order chi connectivity index (χ1) is 16.0. The molecule has 7 nitrogen and oxygen atoms in total.